The zero-order chi connectivity index (χ0) is 15.5. The SMILES string of the molecule is C#CC1CCC2C3CC=C4CC(O)CCC4(C)C3CCC12C. The first kappa shape index (κ1) is 14.8. The van der Waals surface area contributed by atoms with Crippen molar-refractivity contribution >= 4 is 0 Å². The molecule has 1 N–H and O–H groups in total. The summed E-state index contributed by atoms with van der Waals surface area (Å²) >= 11 is 0. The highest BCUT2D eigenvalue weighted by molar-refractivity contribution is 5.26. The Balaban J connectivity index is 1.67. The molecule has 7 unspecified atom stereocenters. The van der Waals surface area contributed by atoms with Gasteiger partial charge in [0.05, 0.1) is 6.10 Å². The van der Waals surface area contributed by atoms with Crippen LogP contribution in [0.15, 0.2) is 11.6 Å². The average molecular weight is 298 g/mol. The number of hydrogen-bond acceptors (Lipinski definition) is 1. The molecule has 0 saturated heterocycles. The minimum atomic E-state index is -0.0953. The zero-order valence-electron chi connectivity index (χ0n) is 14.1. The van der Waals surface area contributed by atoms with Crippen molar-refractivity contribution < 1.29 is 5.11 Å². The standard InChI is InChI=1S/C21H30O/c1-4-14-6-8-18-17-7-5-15-13-16(22)9-11-21(15,3)19(17)10-12-20(14,18)2/h1,5,14,16-19,22H,6-13H2,2-3H3. The number of rotatable bonds is 0. The minimum absolute atomic E-state index is 0.0953. The maximum absolute atomic E-state index is 10.1. The van der Waals surface area contributed by atoms with E-state index in [4.69, 9.17) is 6.42 Å². The van der Waals surface area contributed by atoms with Gasteiger partial charge in [-0.05, 0) is 80.0 Å². The van der Waals surface area contributed by atoms with Gasteiger partial charge in [-0.3, -0.25) is 0 Å². The van der Waals surface area contributed by atoms with Crippen molar-refractivity contribution in [1.29, 1.82) is 0 Å². The molecule has 22 heavy (non-hydrogen) atoms. The first-order valence-corrected chi connectivity index (χ1v) is 9.33. The molecule has 4 rings (SSSR count). The Labute approximate surface area is 135 Å². The molecule has 0 heterocycles. The molecule has 0 amide bonds. The summed E-state index contributed by atoms with van der Waals surface area (Å²) in [6, 6.07) is 0. The van der Waals surface area contributed by atoms with Gasteiger partial charge in [-0.25, -0.2) is 0 Å². The Bertz CT molecular complexity index is 541. The summed E-state index contributed by atoms with van der Waals surface area (Å²) in [5, 5.41) is 10.1. The van der Waals surface area contributed by atoms with Gasteiger partial charge < -0.3 is 5.11 Å². The zero-order valence-corrected chi connectivity index (χ0v) is 14.1. The van der Waals surface area contributed by atoms with Gasteiger partial charge in [0.1, 0.15) is 0 Å². The number of terminal acetylenes is 1. The van der Waals surface area contributed by atoms with Crippen LogP contribution in [-0.4, -0.2) is 11.2 Å². The monoisotopic (exact) mass is 298 g/mol. The highest BCUT2D eigenvalue weighted by Crippen LogP contribution is 2.66. The highest BCUT2D eigenvalue weighted by atomic mass is 16.3. The molecule has 3 fully saturated rings. The van der Waals surface area contributed by atoms with Gasteiger partial charge in [0.15, 0.2) is 0 Å². The van der Waals surface area contributed by atoms with Crippen LogP contribution in [0.4, 0.5) is 0 Å². The molecule has 120 valence electrons. The van der Waals surface area contributed by atoms with Gasteiger partial charge >= 0.3 is 0 Å². The largest absolute Gasteiger partial charge is 0.393 e. The van der Waals surface area contributed by atoms with Crippen molar-refractivity contribution in [3.8, 4) is 12.3 Å². The van der Waals surface area contributed by atoms with Crippen molar-refractivity contribution in [3.05, 3.63) is 11.6 Å². The van der Waals surface area contributed by atoms with Crippen molar-refractivity contribution in [2.24, 2.45) is 34.5 Å². The third kappa shape index (κ3) is 1.83. The summed E-state index contributed by atoms with van der Waals surface area (Å²) in [6.45, 7) is 4.98. The molecule has 0 aromatic carbocycles. The fourth-order valence-corrected chi connectivity index (χ4v) is 6.92. The Hall–Kier alpha value is -0.740. The summed E-state index contributed by atoms with van der Waals surface area (Å²) in [4.78, 5) is 0. The number of aliphatic hydroxyl groups is 1. The summed E-state index contributed by atoms with van der Waals surface area (Å²) in [6.07, 6.45) is 17.9. The van der Waals surface area contributed by atoms with Crippen molar-refractivity contribution in [3.63, 3.8) is 0 Å². The first-order chi connectivity index (χ1) is 10.5. The maximum atomic E-state index is 10.1. The quantitative estimate of drug-likeness (QED) is 0.513. The minimum Gasteiger partial charge on any atom is -0.393 e. The predicted octanol–water partition coefficient (Wildman–Crippen LogP) is 4.56. The van der Waals surface area contributed by atoms with Gasteiger partial charge in [-0.1, -0.05) is 25.5 Å². The van der Waals surface area contributed by atoms with E-state index in [0.29, 0.717) is 16.7 Å². The second-order valence-electron chi connectivity index (χ2n) is 9.00. The van der Waals surface area contributed by atoms with E-state index < -0.39 is 0 Å². The second-order valence-corrected chi connectivity index (χ2v) is 9.00. The van der Waals surface area contributed by atoms with Crippen LogP contribution in [0.25, 0.3) is 0 Å². The molecule has 0 bridgehead atoms. The average Bonchev–Trinajstić information content (AvgIpc) is 2.84. The summed E-state index contributed by atoms with van der Waals surface area (Å²) in [7, 11) is 0. The third-order valence-electron chi connectivity index (χ3n) is 8.28. The van der Waals surface area contributed by atoms with Gasteiger partial charge in [-0.15, -0.1) is 12.3 Å². The number of aliphatic hydroxyl groups excluding tert-OH is 1. The molecule has 1 heteroatoms. The number of hydrogen-bond donors (Lipinski definition) is 1. The van der Waals surface area contributed by atoms with Gasteiger partial charge in [-0.2, -0.15) is 0 Å². The summed E-state index contributed by atoms with van der Waals surface area (Å²) < 4.78 is 0. The predicted molar refractivity (Wildman–Crippen MR) is 90.0 cm³/mol. The smallest absolute Gasteiger partial charge is 0.0577 e. The third-order valence-corrected chi connectivity index (χ3v) is 8.28. The molecule has 7 atom stereocenters. The Morgan fingerprint density at radius 3 is 2.73 bits per heavy atom. The summed E-state index contributed by atoms with van der Waals surface area (Å²) in [5.41, 5.74) is 2.33. The molecule has 0 aliphatic heterocycles. The topological polar surface area (TPSA) is 20.2 Å². The van der Waals surface area contributed by atoms with Crippen LogP contribution in [-0.2, 0) is 0 Å². The summed E-state index contributed by atoms with van der Waals surface area (Å²) in [5.74, 6) is 6.12. The van der Waals surface area contributed by atoms with E-state index in [1.54, 1.807) is 5.57 Å². The van der Waals surface area contributed by atoms with E-state index in [0.717, 1.165) is 30.6 Å². The van der Waals surface area contributed by atoms with E-state index in [9.17, 15) is 5.11 Å². The van der Waals surface area contributed by atoms with Gasteiger partial charge in [0.2, 0.25) is 0 Å². The molecule has 0 radical (unpaired) electrons. The van der Waals surface area contributed by atoms with Crippen LogP contribution >= 0.6 is 0 Å². The van der Waals surface area contributed by atoms with Crippen molar-refractivity contribution in [1.82, 2.24) is 0 Å². The maximum Gasteiger partial charge on any atom is 0.0577 e. The highest BCUT2D eigenvalue weighted by Gasteiger charge is 2.58. The van der Waals surface area contributed by atoms with Crippen LogP contribution in [0.3, 0.4) is 0 Å². The normalized spacial score (nSPS) is 53.7. The Kier molecular flexibility index (Phi) is 3.29. The lowest BCUT2D eigenvalue weighted by molar-refractivity contribution is -0.0432. The number of fused-ring (bicyclic) bond motifs is 5. The molecular weight excluding hydrogens is 268 g/mol. The number of allylic oxidation sites excluding steroid dienone is 1. The Morgan fingerprint density at radius 2 is 1.95 bits per heavy atom. The molecule has 3 saturated carbocycles. The molecule has 4 aliphatic carbocycles. The molecule has 4 aliphatic rings. The molecular formula is C21H30O. The second kappa shape index (κ2) is 4.88. The van der Waals surface area contributed by atoms with E-state index in [-0.39, 0.29) is 6.10 Å². The van der Waals surface area contributed by atoms with Gasteiger partial charge in [0, 0.05) is 5.92 Å². The van der Waals surface area contributed by atoms with Crippen LogP contribution in [0, 0.1) is 46.8 Å². The van der Waals surface area contributed by atoms with E-state index in [1.165, 1.54) is 38.5 Å². The van der Waals surface area contributed by atoms with Crippen molar-refractivity contribution in [2.75, 3.05) is 0 Å². The first-order valence-electron chi connectivity index (χ1n) is 9.33. The van der Waals surface area contributed by atoms with E-state index in [2.05, 4.69) is 25.8 Å². The van der Waals surface area contributed by atoms with Crippen LogP contribution in [0.1, 0.15) is 65.2 Å². The molecule has 1 nitrogen and oxygen atoms in total. The van der Waals surface area contributed by atoms with Crippen LogP contribution in [0.5, 0.6) is 0 Å². The lowest BCUT2D eigenvalue weighted by Gasteiger charge is -2.57. The van der Waals surface area contributed by atoms with Crippen molar-refractivity contribution in [2.45, 2.75) is 71.3 Å². The molecule has 0 aromatic rings. The lowest BCUT2D eigenvalue weighted by atomic mass is 9.47. The Morgan fingerprint density at radius 1 is 1.14 bits per heavy atom. The van der Waals surface area contributed by atoms with Crippen LogP contribution < -0.4 is 0 Å². The molecule has 0 aromatic heterocycles. The van der Waals surface area contributed by atoms with E-state index >= 15 is 0 Å². The molecule has 0 spiro atoms. The van der Waals surface area contributed by atoms with Gasteiger partial charge in [0.25, 0.3) is 0 Å². The lowest BCUT2D eigenvalue weighted by Crippen LogP contribution is -2.50. The fourth-order valence-electron chi connectivity index (χ4n) is 6.92. The van der Waals surface area contributed by atoms with E-state index in [1.807, 2.05) is 0 Å². The fraction of sp³-hybridized carbons (Fsp3) is 0.810. The van der Waals surface area contributed by atoms with Crippen LogP contribution in [0.2, 0.25) is 0 Å².